The van der Waals surface area contributed by atoms with Crippen LogP contribution in [0.15, 0.2) is 58.4 Å². The van der Waals surface area contributed by atoms with Gasteiger partial charge in [-0.1, -0.05) is 12.1 Å². The summed E-state index contributed by atoms with van der Waals surface area (Å²) in [6.45, 7) is 0.895. The molecule has 1 unspecified atom stereocenters. The fourth-order valence-corrected chi connectivity index (χ4v) is 2.97. The minimum Gasteiger partial charge on any atom is -0.508 e. The Bertz CT molecular complexity index is 837. The molecule has 7 heteroatoms. The maximum Gasteiger partial charge on any atom is 0.290 e. The number of amides is 1. The molecule has 1 aromatic carbocycles. The van der Waals surface area contributed by atoms with Crippen LogP contribution in [0.4, 0.5) is 0 Å². The number of aromatic hydroxyl groups is 1. The topological polar surface area (TPSA) is 94.2 Å². The monoisotopic (exact) mass is 356 g/mol. The Morgan fingerprint density at radius 1 is 1.19 bits per heavy atom. The summed E-state index contributed by atoms with van der Waals surface area (Å²) >= 11 is 0. The second kappa shape index (κ2) is 7.05. The number of hydrogen-bond donors (Lipinski definition) is 2. The molecule has 1 amide bonds. The van der Waals surface area contributed by atoms with Gasteiger partial charge in [0, 0.05) is 13.1 Å². The Kier molecular flexibility index (Phi) is 4.81. The largest absolute Gasteiger partial charge is 0.508 e. The van der Waals surface area contributed by atoms with E-state index in [0.29, 0.717) is 18.7 Å². The number of nitrogens with zero attached hydrogens (tertiary/aromatic N) is 2. The van der Waals surface area contributed by atoms with Crippen LogP contribution < -0.4 is 0 Å². The lowest BCUT2D eigenvalue weighted by Crippen LogP contribution is -2.36. The number of benzene rings is 1. The predicted molar refractivity (Wildman–Crippen MR) is 93.8 cm³/mol. The molecule has 0 fully saturated rings. The van der Waals surface area contributed by atoms with Crippen LogP contribution in [0.2, 0.25) is 0 Å². The highest BCUT2D eigenvalue weighted by Gasteiger charge is 2.44. The molecule has 7 nitrogen and oxygen atoms in total. The van der Waals surface area contributed by atoms with Crippen LogP contribution in [0.5, 0.6) is 5.75 Å². The van der Waals surface area contributed by atoms with Crippen LogP contribution in [-0.2, 0) is 4.79 Å². The van der Waals surface area contributed by atoms with Crippen molar-refractivity contribution >= 4 is 11.7 Å². The van der Waals surface area contributed by atoms with Crippen molar-refractivity contribution in [1.29, 1.82) is 0 Å². The standard InChI is InChI=1S/C19H20N2O5/c1-20(2)9-10-21-16(12-5-7-13(22)8-6-12)15(18(24)19(21)25)17(23)14-4-3-11-26-14/h3-8,11,16,22,24H,9-10H2,1-2H3. The molecule has 1 aliphatic rings. The van der Waals surface area contributed by atoms with E-state index >= 15 is 0 Å². The fourth-order valence-electron chi connectivity index (χ4n) is 2.97. The lowest BCUT2D eigenvalue weighted by Gasteiger charge is -2.27. The lowest BCUT2D eigenvalue weighted by molar-refractivity contribution is -0.129. The molecule has 1 aromatic heterocycles. The van der Waals surface area contributed by atoms with Crippen molar-refractivity contribution < 1.29 is 24.2 Å². The van der Waals surface area contributed by atoms with E-state index in [9.17, 15) is 19.8 Å². The number of aliphatic hydroxyl groups is 1. The van der Waals surface area contributed by atoms with E-state index in [1.54, 1.807) is 18.2 Å². The summed E-state index contributed by atoms with van der Waals surface area (Å²) in [7, 11) is 3.75. The summed E-state index contributed by atoms with van der Waals surface area (Å²) < 4.78 is 5.16. The number of carbonyl (C=O) groups is 2. The van der Waals surface area contributed by atoms with Gasteiger partial charge in [-0.25, -0.2) is 0 Å². The van der Waals surface area contributed by atoms with Crippen molar-refractivity contribution in [3.05, 3.63) is 65.3 Å². The van der Waals surface area contributed by atoms with Crippen LogP contribution in [-0.4, -0.2) is 58.9 Å². The third-order valence-corrected chi connectivity index (χ3v) is 4.29. The second-order valence-corrected chi connectivity index (χ2v) is 6.36. The quantitative estimate of drug-likeness (QED) is 0.770. The van der Waals surface area contributed by atoms with Crippen molar-refractivity contribution in [2.45, 2.75) is 6.04 Å². The summed E-state index contributed by atoms with van der Waals surface area (Å²) in [6, 6.07) is 8.53. The second-order valence-electron chi connectivity index (χ2n) is 6.36. The van der Waals surface area contributed by atoms with Crippen LogP contribution in [0.3, 0.4) is 0 Å². The average molecular weight is 356 g/mol. The van der Waals surface area contributed by atoms with E-state index in [1.807, 2.05) is 19.0 Å². The molecule has 2 heterocycles. The zero-order chi connectivity index (χ0) is 18.8. The number of rotatable bonds is 6. The SMILES string of the molecule is CN(C)CCN1C(=O)C(O)=C(C(=O)c2ccco2)C1c1ccc(O)cc1. The summed E-state index contributed by atoms with van der Waals surface area (Å²) in [4.78, 5) is 28.8. The number of hydrogen-bond acceptors (Lipinski definition) is 6. The smallest absolute Gasteiger partial charge is 0.290 e. The Morgan fingerprint density at radius 3 is 2.46 bits per heavy atom. The number of phenols is 1. The van der Waals surface area contributed by atoms with Gasteiger partial charge in [-0.15, -0.1) is 0 Å². The molecule has 0 aliphatic carbocycles. The molecule has 26 heavy (non-hydrogen) atoms. The van der Waals surface area contributed by atoms with Gasteiger partial charge in [0.05, 0.1) is 17.9 Å². The molecule has 0 bridgehead atoms. The maximum atomic E-state index is 12.8. The summed E-state index contributed by atoms with van der Waals surface area (Å²) in [5.74, 6) is -1.57. The third-order valence-electron chi connectivity index (χ3n) is 4.29. The first-order chi connectivity index (χ1) is 12.4. The molecule has 0 spiro atoms. The van der Waals surface area contributed by atoms with Gasteiger partial charge < -0.3 is 24.4 Å². The third kappa shape index (κ3) is 3.21. The number of ketones is 1. The van der Waals surface area contributed by atoms with Gasteiger partial charge in [0.15, 0.2) is 11.5 Å². The Hall–Kier alpha value is -3.06. The highest BCUT2D eigenvalue weighted by molar-refractivity contribution is 6.15. The van der Waals surface area contributed by atoms with Crippen molar-refractivity contribution in [3.63, 3.8) is 0 Å². The first kappa shape index (κ1) is 17.8. The van der Waals surface area contributed by atoms with E-state index < -0.39 is 23.5 Å². The Morgan fingerprint density at radius 2 is 1.88 bits per heavy atom. The van der Waals surface area contributed by atoms with Gasteiger partial charge in [0.25, 0.3) is 5.91 Å². The summed E-state index contributed by atoms with van der Waals surface area (Å²) in [6.07, 6.45) is 1.36. The van der Waals surface area contributed by atoms with Crippen LogP contribution in [0, 0.1) is 0 Å². The van der Waals surface area contributed by atoms with Gasteiger partial charge >= 0.3 is 0 Å². The van der Waals surface area contributed by atoms with Crippen molar-refractivity contribution in [2.24, 2.45) is 0 Å². The highest BCUT2D eigenvalue weighted by atomic mass is 16.3. The molecule has 136 valence electrons. The normalized spacial score (nSPS) is 17.4. The van der Waals surface area contributed by atoms with Crippen molar-refractivity contribution in [3.8, 4) is 5.75 Å². The van der Waals surface area contributed by atoms with E-state index in [0.717, 1.165) is 0 Å². The zero-order valence-electron chi connectivity index (χ0n) is 14.5. The molecular formula is C19H20N2O5. The van der Waals surface area contributed by atoms with Crippen LogP contribution >= 0.6 is 0 Å². The molecule has 2 aromatic rings. The average Bonchev–Trinajstić information content (AvgIpc) is 3.22. The predicted octanol–water partition coefficient (Wildman–Crippen LogP) is 2.13. The van der Waals surface area contributed by atoms with E-state index in [1.165, 1.54) is 29.4 Å². The number of carbonyl (C=O) groups excluding carboxylic acids is 2. The molecule has 1 aliphatic heterocycles. The number of furan rings is 1. The van der Waals surface area contributed by atoms with Gasteiger partial charge in [0.1, 0.15) is 5.75 Å². The minimum atomic E-state index is -0.749. The highest BCUT2D eigenvalue weighted by Crippen LogP contribution is 2.39. The summed E-state index contributed by atoms with van der Waals surface area (Å²) in [5.41, 5.74) is 0.600. The first-order valence-electron chi connectivity index (χ1n) is 8.16. The van der Waals surface area contributed by atoms with E-state index in [4.69, 9.17) is 4.42 Å². The number of likely N-dealkylation sites (N-methyl/N-ethyl adjacent to an activating group) is 1. The maximum absolute atomic E-state index is 12.8. The minimum absolute atomic E-state index is 0.0191. The lowest BCUT2D eigenvalue weighted by atomic mass is 9.95. The van der Waals surface area contributed by atoms with Crippen molar-refractivity contribution in [2.75, 3.05) is 27.2 Å². The van der Waals surface area contributed by atoms with E-state index in [-0.39, 0.29) is 17.1 Å². The van der Waals surface area contributed by atoms with Gasteiger partial charge in [-0.05, 0) is 43.9 Å². The Balaban J connectivity index is 2.05. The Labute approximate surface area is 150 Å². The molecule has 3 rings (SSSR count). The molecule has 1 atom stereocenters. The summed E-state index contributed by atoms with van der Waals surface area (Å²) in [5, 5.41) is 20.0. The molecule has 0 saturated heterocycles. The van der Waals surface area contributed by atoms with Gasteiger partial charge in [-0.3, -0.25) is 9.59 Å². The van der Waals surface area contributed by atoms with E-state index in [2.05, 4.69) is 0 Å². The first-order valence-corrected chi connectivity index (χ1v) is 8.16. The van der Waals surface area contributed by atoms with Crippen LogP contribution in [0.25, 0.3) is 0 Å². The van der Waals surface area contributed by atoms with Gasteiger partial charge in [-0.2, -0.15) is 0 Å². The fraction of sp³-hybridized carbons (Fsp3) is 0.263. The van der Waals surface area contributed by atoms with Crippen LogP contribution in [0.1, 0.15) is 22.2 Å². The number of Topliss-reactive ketones (excluding diaryl/α,β-unsaturated/α-hetero) is 1. The molecule has 0 saturated carbocycles. The van der Waals surface area contributed by atoms with Gasteiger partial charge in [0.2, 0.25) is 5.78 Å². The molecule has 0 radical (unpaired) electrons. The molecule has 2 N–H and O–H groups in total. The molecular weight excluding hydrogens is 336 g/mol. The number of phenolic OH excluding ortho intramolecular Hbond substituents is 1. The van der Waals surface area contributed by atoms with Crippen molar-refractivity contribution in [1.82, 2.24) is 9.80 Å². The number of aliphatic hydroxyl groups excluding tert-OH is 1. The zero-order valence-corrected chi connectivity index (χ0v) is 14.5.